The zero-order chi connectivity index (χ0) is 10.7. The molecule has 15 heavy (non-hydrogen) atoms. The van der Waals surface area contributed by atoms with Crippen molar-refractivity contribution in [3.05, 3.63) is 36.4 Å². The largest absolute Gasteiger partial charge is 0.367 e. The van der Waals surface area contributed by atoms with E-state index < -0.39 is 0 Å². The van der Waals surface area contributed by atoms with Gasteiger partial charge in [-0.1, -0.05) is 6.08 Å². The number of anilines is 1. The highest BCUT2D eigenvalue weighted by atomic mass is 32.1. The minimum Gasteiger partial charge on any atom is -0.367 e. The maximum absolute atomic E-state index is 4.36. The maximum Gasteiger partial charge on any atom is 0.134 e. The summed E-state index contributed by atoms with van der Waals surface area (Å²) in [7, 11) is 0. The Kier molecular flexibility index (Phi) is 3.02. The lowest BCUT2D eigenvalue weighted by molar-refractivity contribution is 0.809. The van der Waals surface area contributed by atoms with Crippen LogP contribution < -0.4 is 5.32 Å². The van der Waals surface area contributed by atoms with Crippen molar-refractivity contribution >= 4 is 27.2 Å². The summed E-state index contributed by atoms with van der Waals surface area (Å²) in [5.41, 5.74) is 0. The molecule has 78 valence electrons. The summed E-state index contributed by atoms with van der Waals surface area (Å²) in [5, 5.41) is 6.70. The number of hydrogen-bond acceptors (Lipinski definition) is 3. The van der Waals surface area contributed by atoms with Crippen LogP contribution in [0.4, 0.5) is 5.82 Å². The first-order chi connectivity index (χ1) is 7.31. The molecular weight excluding hydrogens is 204 g/mol. The van der Waals surface area contributed by atoms with Gasteiger partial charge < -0.3 is 5.32 Å². The van der Waals surface area contributed by atoms with Crippen LogP contribution in [-0.4, -0.2) is 11.0 Å². The molecule has 0 aromatic carbocycles. The molecule has 1 unspecified atom stereocenters. The van der Waals surface area contributed by atoms with Gasteiger partial charge in [-0.25, -0.2) is 4.98 Å². The molecule has 2 heterocycles. The fourth-order valence-electron chi connectivity index (χ4n) is 1.55. The highest BCUT2D eigenvalue weighted by Crippen LogP contribution is 2.26. The van der Waals surface area contributed by atoms with Gasteiger partial charge in [0.1, 0.15) is 5.82 Å². The molecular formula is C12H14N2S. The maximum atomic E-state index is 4.36. The van der Waals surface area contributed by atoms with E-state index in [-0.39, 0.29) is 0 Å². The van der Waals surface area contributed by atoms with E-state index in [1.54, 1.807) is 11.3 Å². The van der Waals surface area contributed by atoms with E-state index in [9.17, 15) is 0 Å². The summed E-state index contributed by atoms with van der Waals surface area (Å²) in [6.07, 6.45) is 4.72. The lowest BCUT2D eigenvalue weighted by atomic mass is 10.2. The monoisotopic (exact) mass is 218 g/mol. The second-order valence-corrected chi connectivity index (χ2v) is 4.51. The predicted octanol–water partition coefficient (Wildman–Crippen LogP) is 3.67. The number of aromatic nitrogens is 1. The van der Waals surface area contributed by atoms with Crippen molar-refractivity contribution in [1.82, 2.24) is 4.98 Å². The summed E-state index contributed by atoms with van der Waals surface area (Å²) in [5.74, 6) is 0.975. The molecule has 1 atom stereocenters. The second kappa shape index (κ2) is 4.45. The van der Waals surface area contributed by atoms with Gasteiger partial charge in [-0.15, -0.1) is 17.9 Å². The van der Waals surface area contributed by atoms with Gasteiger partial charge in [0.05, 0.1) is 0 Å². The van der Waals surface area contributed by atoms with Crippen LogP contribution in [0.15, 0.2) is 36.4 Å². The number of rotatable bonds is 4. The van der Waals surface area contributed by atoms with Gasteiger partial charge in [-0.3, -0.25) is 0 Å². The van der Waals surface area contributed by atoms with Crippen LogP contribution in [0.3, 0.4) is 0 Å². The molecule has 2 rings (SSSR count). The first-order valence-corrected chi connectivity index (χ1v) is 5.89. The first-order valence-electron chi connectivity index (χ1n) is 5.01. The number of pyridine rings is 1. The lowest BCUT2D eigenvalue weighted by Crippen LogP contribution is -2.14. The molecule has 0 aliphatic heterocycles. The summed E-state index contributed by atoms with van der Waals surface area (Å²) < 4.78 is 1.28. The third-order valence-electron chi connectivity index (χ3n) is 2.28. The van der Waals surface area contributed by atoms with E-state index in [1.165, 1.54) is 10.1 Å². The van der Waals surface area contributed by atoms with Crippen molar-refractivity contribution in [3.63, 3.8) is 0 Å². The van der Waals surface area contributed by atoms with Crippen LogP contribution in [0.1, 0.15) is 13.3 Å². The Labute approximate surface area is 93.7 Å². The van der Waals surface area contributed by atoms with Gasteiger partial charge in [-0.2, -0.15) is 0 Å². The number of nitrogens with one attached hydrogen (secondary N) is 1. The summed E-state index contributed by atoms with van der Waals surface area (Å²) in [6.45, 7) is 5.87. The lowest BCUT2D eigenvalue weighted by Gasteiger charge is -2.12. The van der Waals surface area contributed by atoms with Crippen LogP contribution in [0.25, 0.3) is 10.1 Å². The smallest absolute Gasteiger partial charge is 0.134 e. The number of thiophene rings is 1. The molecule has 0 fully saturated rings. The number of hydrogen-bond donors (Lipinski definition) is 1. The van der Waals surface area contributed by atoms with E-state index >= 15 is 0 Å². The van der Waals surface area contributed by atoms with Crippen molar-refractivity contribution in [3.8, 4) is 0 Å². The van der Waals surface area contributed by atoms with Gasteiger partial charge >= 0.3 is 0 Å². The van der Waals surface area contributed by atoms with Crippen molar-refractivity contribution in [2.24, 2.45) is 0 Å². The van der Waals surface area contributed by atoms with Gasteiger partial charge in [-0.05, 0) is 30.9 Å². The van der Waals surface area contributed by atoms with E-state index in [4.69, 9.17) is 0 Å². The van der Waals surface area contributed by atoms with Gasteiger partial charge in [0.25, 0.3) is 0 Å². The molecule has 0 saturated heterocycles. The standard InChI is InChI=1S/C12H14N2S/c1-3-4-9(2)14-12-10-6-8-15-11(10)5-7-13-12/h3,5-9H,1,4H2,2H3,(H,13,14). The van der Waals surface area contributed by atoms with Gasteiger partial charge in [0.15, 0.2) is 0 Å². The third kappa shape index (κ3) is 2.18. The molecule has 0 bridgehead atoms. The highest BCUT2D eigenvalue weighted by Gasteiger charge is 2.05. The minimum absolute atomic E-state index is 0.375. The van der Waals surface area contributed by atoms with Crippen LogP contribution in [0.2, 0.25) is 0 Å². The molecule has 0 spiro atoms. The topological polar surface area (TPSA) is 24.9 Å². The summed E-state index contributed by atoms with van der Waals surface area (Å²) in [4.78, 5) is 4.36. The first kappa shape index (κ1) is 10.2. The van der Waals surface area contributed by atoms with Crippen LogP contribution in [0.5, 0.6) is 0 Å². The Morgan fingerprint density at radius 2 is 2.47 bits per heavy atom. The average Bonchev–Trinajstić information content (AvgIpc) is 2.67. The molecule has 2 nitrogen and oxygen atoms in total. The summed E-state index contributed by atoms with van der Waals surface area (Å²) >= 11 is 1.74. The van der Waals surface area contributed by atoms with Gasteiger partial charge in [0.2, 0.25) is 0 Å². The van der Waals surface area contributed by atoms with E-state index in [0.717, 1.165) is 12.2 Å². The highest BCUT2D eigenvalue weighted by molar-refractivity contribution is 7.17. The zero-order valence-corrected chi connectivity index (χ0v) is 9.55. The van der Waals surface area contributed by atoms with Crippen molar-refractivity contribution in [2.75, 3.05) is 5.32 Å². The Hall–Kier alpha value is -1.35. The van der Waals surface area contributed by atoms with Crippen LogP contribution in [0, 0.1) is 0 Å². The fourth-order valence-corrected chi connectivity index (χ4v) is 2.33. The number of nitrogens with zero attached hydrogens (tertiary/aromatic N) is 1. The average molecular weight is 218 g/mol. The minimum atomic E-state index is 0.375. The normalized spacial score (nSPS) is 12.6. The van der Waals surface area contributed by atoms with Crippen molar-refractivity contribution in [2.45, 2.75) is 19.4 Å². The fraction of sp³-hybridized carbons (Fsp3) is 0.250. The second-order valence-electron chi connectivity index (χ2n) is 3.56. The molecule has 1 N–H and O–H groups in total. The van der Waals surface area contributed by atoms with Crippen molar-refractivity contribution < 1.29 is 0 Å². The summed E-state index contributed by atoms with van der Waals surface area (Å²) in [6, 6.07) is 4.53. The quantitative estimate of drug-likeness (QED) is 0.792. The van der Waals surface area contributed by atoms with E-state index in [0.29, 0.717) is 6.04 Å². The predicted molar refractivity (Wildman–Crippen MR) is 67.5 cm³/mol. The molecule has 2 aromatic heterocycles. The third-order valence-corrected chi connectivity index (χ3v) is 3.17. The van der Waals surface area contributed by atoms with E-state index in [1.807, 2.05) is 18.3 Å². The Morgan fingerprint density at radius 3 is 3.27 bits per heavy atom. The van der Waals surface area contributed by atoms with Gasteiger partial charge in [0, 0.05) is 22.3 Å². The molecule has 2 aromatic rings. The molecule has 0 radical (unpaired) electrons. The Balaban J connectivity index is 2.27. The Morgan fingerprint density at radius 1 is 1.60 bits per heavy atom. The molecule has 3 heteroatoms. The molecule has 0 aliphatic carbocycles. The molecule has 0 aliphatic rings. The zero-order valence-electron chi connectivity index (χ0n) is 8.73. The van der Waals surface area contributed by atoms with E-state index in [2.05, 4.69) is 35.2 Å². The number of fused-ring (bicyclic) bond motifs is 1. The Bertz CT molecular complexity index is 461. The SMILES string of the molecule is C=CCC(C)Nc1nccc2sccc12. The van der Waals surface area contributed by atoms with Crippen LogP contribution >= 0.6 is 11.3 Å². The van der Waals surface area contributed by atoms with Crippen LogP contribution in [-0.2, 0) is 0 Å². The molecule has 0 amide bonds. The van der Waals surface area contributed by atoms with Crippen molar-refractivity contribution in [1.29, 1.82) is 0 Å². The molecule has 0 saturated carbocycles.